The summed E-state index contributed by atoms with van der Waals surface area (Å²) in [5, 5.41) is 12.0. The zero-order valence-electron chi connectivity index (χ0n) is 15.3. The average molecular weight is 447 g/mol. The molecule has 0 heterocycles. The second kappa shape index (κ2) is 9.03. The number of hydrogen-bond acceptors (Lipinski definition) is 4. The number of carbonyl (C=O) groups is 1. The van der Waals surface area contributed by atoms with Crippen molar-refractivity contribution in [1.82, 2.24) is 5.43 Å². The zero-order valence-corrected chi connectivity index (χ0v) is 15.3. The van der Waals surface area contributed by atoms with E-state index in [-0.39, 0.29) is 12.2 Å². The number of hydrazone groups is 1. The first-order valence-electron chi connectivity index (χ1n) is 8.27. The van der Waals surface area contributed by atoms with Gasteiger partial charge in [-0.2, -0.15) is 41.1 Å². The molecule has 0 fully saturated rings. The summed E-state index contributed by atoms with van der Waals surface area (Å²) in [7, 11) is 0. The van der Waals surface area contributed by atoms with Crippen molar-refractivity contribution < 1.29 is 40.3 Å². The normalized spacial score (nSPS) is 12.5. The van der Waals surface area contributed by atoms with Gasteiger partial charge in [0.25, 0.3) is 0 Å². The van der Waals surface area contributed by atoms with Crippen LogP contribution in [0.1, 0.15) is 16.7 Å². The van der Waals surface area contributed by atoms with E-state index in [0.717, 1.165) is 11.6 Å². The zero-order chi connectivity index (χ0) is 23.3. The van der Waals surface area contributed by atoms with E-state index in [1.165, 1.54) is 24.3 Å². The van der Waals surface area contributed by atoms with E-state index in [0.29, 0.717) is 16.9 Å². The van der Waals surface area contributed by atoms with E-state index in [4.69, 9.17) is 10.00 Å². The predicted octanol–water partition coefficient (Wildman–Crippen LogP) is 4.42. The minimum absolute atomic E-state index is 0.0791. The molecule has 0 aromatic heterocycles. The maximum absolute atomic E-state index is 13.2. The van der Waals surface area contributed by atoms with Gasteiger partial charge in [-0.05, 0) is 35.9 Å². The summed E-state index contributed by atoms with van der Waals surface area (Å²) in [6, 6.07) is 14.3. The molecule has 1 amide bonds. The van der Waals surface area contributed by atoms with Crippen LogP contribution in [0.4, 0.5) is 30.7 Å². The Morgan fingerprint density at radius 2 is 1.65 bits per heavy atom. The number of alkyl halides is 7. The van der Waals surface area contributed by atoms with Gasteiger partial charge in [-0.15, -0.1) is 0 Å². The van der Waals surface area contributed by atoms with Crippen molar-refractivity contribution >= 4 is 12.1 Å². The lowest BCUT2D eigenvalue weighted by Gasteiger charge is -2.26. The minimum atomic E-state index is -6.62. The number of nitriles is 1. The first kappa shape index (κ1) is 23.7. The third-order valence-corrected chi connectivity index (χ3v) is 3.83. The molecule has 2 aromatic carbocycles. The summed E-state index contributed by atoms with van der Waals surface area (Å²) >= 11 is 0. The molecule has 0 aliphatic heterocycles. The van der Waals surface area contributed by atoms with Crippen molar-refractivity contribution in [3.05, 3.63) is 65.2 Å². The molecule has 12 heteroatoms. The fourth-order valence-electron chi connectivity index (χ4n) is 2.12. The molecule has 0 saturated carbocycles. The van der Waals surface area contributed by atoms with E-state index in [2.05, 4.69) is 5.10 Å². The molecule has 2 aromatic rings. The fraction of sp³-hybridized carbons (Fsp3) is 0.211. The molecule has 0 aliphatic rings. The third-order valence-electron chi connectivity index (χ3n) is 3.83. The Kier molecular flexibility index (Phi) is 6.89. The van der Waals surface area contributed by atoms with Gasteiger partial charge < -0.3 is 4.74 Å². The molecule has 31 heavy (non-hydrogen) atoms. The van der Waals surface area contributed by atoms with Crippen LogP contribution >= 0.6 is 0 Å². The van der Waals surface area contributed by atoms with Crippen molar-refractivity contribution in [2.24, 2.45) is 5.10 Å². The predicted molar refractivity (Wildman–Crippen MR) is 93.6 cm³/mol. The largest absolute Gasteiger partial charge is 0.489 e. The van der Waals surface area contributed by atoms with Crippen LogP contribution in [0.25, 0.3) is 0 Å². The molecular formula is C19H12F7N3O2. The topological polar surface area (TPSA) is 74.5 Å². The Hall–Kier alpha value is -3.62. The first-order valence-corrected chi connectivity index (χ1v) is 8.27. The molecule has 0 radical (unpaired) electrons. The van der Waals surface area contributed by atoms with Crippen LogP contribution in [-0.4, -0.2) is 30.1 Å². The molecule has 5 nitrogen and oxygen atoms in total. The van der Waals surface area contributed by atoms with Gasteiger partial charge in [-0.25, -0.2) is 5.43 Å². The van der Waals surface area contributed by atoms with Crippen LogP contribution in [0, 0.1) is 11.3 Å². The van der Waals surface area contributed by atoms with Crippen molar-refractivity contribution in [2.45, 2.75) is 24.6 Å². The number of ether oxygens (including phenoxy) is 1. The van der Waals surface area contributed by atoms with E-state index in [1.54, 1.807) is 24.3 Å². The summed E-state index contributed by atoms with van der Waals surface area (Å²) in [5.74, 6) is -15.2. The summed E-state index contributed by atoms with van der Waals surface area (Å²) in [6.45, 7) is 0.0791. The van der Waals surface area contributed by atoms with Gasteiger partial charge in [0, 0.05) is 5.56 Å². The maximum Gasteiger partial charge on any atom is 0.460 e. The highest BCUT2D eigenvalue weighted by Crippen LogP contribution is 2.46. The second-order valence-electron chi connectivity index (χ2n) is 5.97. The lowest BCUT2D eigenvalue weighted by Crippen LogP contribution is -2.58. The van der Waals surface area contributed by atoms with E-state index >= 15 is 0 Å². The van der Waals surface area contributed by atoms with Crippen molar-refractivity contribution in [3.63, 3.8) is 0 Å². The van der Waals surface area contributed by atoms with Gasteiger partial charge in [0.2, 0.25) is 0 Å². The highest BCUT2D eigenvalue weighted by atomic mass is 19.4. The Bertz CT molecular complexity index is 997. The molecule has 0 atom stereocenters. The molecule has 2 rings (SSSR count). The Morgan fingerprint density at radius 3 is 2.23 bits per heavy atom. The van der Waals surface area contributed by atoms with Crippen LogP contribution in [0.5, 0.6) is 5.75 Å². The Labute approximate surface area is 170 Å². The van der Waals surface area contributed by atoms with E-state index in [1.807, 2.05) is 6.07 Å². The van der Waals surface area contributed by atoms with E-state index in [9.17, 15) is 35.5 Å². The lowest BCUT2D eigenvalue weighted by atomic mass is 10.1. The number of amides is 1. The van der Waals surface area contributed by atoms with Gasteiger partial charge in [-0.3, -0.25) is 4.79 Å². The van der Waals surface area contributed by atoms with Gasteiger partial charge in [0.1, 0.15) is 12.4 Å². The number of nitrogens with one attached hydrogen (secondary N) is 1. The van der Waals surface area contributed by atoms with Crippen molar-refractivity contribution in [2.75, 3.05) is 0 Å². The number of nitrogens with zero attached hydrogens (tertiary/aromatic N) is 2. The van der Waals surface area contributed by atoms with Gasteiger partial charge >= 0.3 is 23.9 Å². The molecule has 0 bridgehead atoms. The Balaban J connectivity index is 1.97. The minimum Gasteiger partial charge on any atom is -0.489 e. The second-order valence-corrected chi connectivity index (χ2v) is 5.97. The summed E-state index contributed by atoms with van der Waals surface area (Å²) < 4.78 is 93.5. The number of benzene rings is 2. The van der Waals surface area contributed by atoms with Crippen LogP contribution < -0.4 is 10.2 Å². The van der Waals surface area contributed by atoms with Crippen LogP contribution in [-0.2, 0) is 11.4 Å². The van der Waals surface area contributed by atoms with E-state index < -0.39 is 23.9 Å². The number of carbonyl (C=O) groups excluding carboxylic acids is 1. The summed E-state index contributed by atoms with van der Waals surface area (Å²) in [5.41, 5.74) is 2.21. The third kappa shape index (κ3) is 5.30. The molecule has 0 aliphatic carbocycles. The lowest BCUT2D eigenvalue weighted by molar-refractivity contribution is -0.344. The van der Waals surface area contributed by atoms with Crippen molar-refractivity contribution in [3.8, 4) is 11.8 Å². The average Bonchev–Trinajstić information content (AvgIpc) is 2.72. The number of hydrogen-bond donors (Lipinski definition) is 1. The van der Waals surface area contributed by atoms with Crippen LogP contribution in [0.15, 0.2) is 53.6 Å². The molecular weight excluding hydrogens is 435 g/mol. The summed E-state index contributed by atoms with van der Waals surface area (Å²) in [6.07, 6.45) is -5.87. The number of halogens is 7. The maximum atomic E-state index is 13.2. The smallest absolute Gasteiger partial charge is 0.460 e. The standard InChI is InChI=1S/C19H12F7N3O2/c20-17(21,18(22,23)19(24,25)26)16(30)29-28-10-12-5-7-15(8-6-12)31-11-14-4-2-1-3-13(14)9-27/h1-8,10H,11H2,(H,29,30)/b28-10+. The quantitative estimate of drug-likeness (QED) is 0.388. The molecule has 0 saturated heterocycles. The van der Waals surface area contributed by atoms with Gasteiger partial charge in [0.05, 0.1) is 17.8 Å². The first-order chi connectivity index (χ1) is 14.4. The monoisotopic (exact) mass is 447 g/mol. The highest BCUT2D eigenvalue weighted by molar-refractivity contribution is 5.87. The molecule has 0 spiro atoms. The van der Waals surface area contributed by atoms with Crippen molar-refractivity contribution in [1.29, 1.82) is 5.26 Å². The summed E-state index contributed by atoms with van der Waals surface area (Å²) in [4.78, 5) is 11.1. The van der Waals surface area contributed by atoms with Crippen LogP contribution in [0.2, 0.25) is 0 Å². The molecule has 0 unspecified atom stereocenters. The Morgan fingerprint density at radius 1 is 1.03 bits per heavy atom. The van der Waals surface area contributed by atoms with Gasteiger partial charge in [-0.1, -0.05) is 18.2 Å². The fourth-order valence-corrected chi connectivity index (χ4v) is 2.12. The van der Waals surface area contributed by atoms with Gasteiger partial charge in [0.15, 0.2) is 0 Å². The molecule has 1 N–H and O–H groups in total. The highest BCUT2D eigenvalue weighted by Gasteiger charge is 2.76. The van der Waals surface area contributed by atoms with Crippen LogP contribution in [0.3, 0.4) is 0 Å². The SMILES string of the molecule is N#Cc1ccccc1COc1ccc(/C=N/NC(=O)C(F)(F)C(F)(F)C(F)(F)F)cc1. The number of rotatable bonds is 7. The molecule has 164 valence electrons.